The number of fused-ring (bicyclic) bond motifs is 1. The summed E-state index contributed by atoms with van der Waals surface area (Å²) in [5, 5.41) is 6.40. The van der Waals surface area contributed by atoms with Gasteiger partial charge in [0, 0.05) is 10.4 Å². The smallest absolute Gasteiger partial charge is 0.257 e. The van der Waals surface area contributed by atoms with Crippen molar-refractivity contribution >= 4 is 45.5 Å². The molecule has 4 N–H and O–H groups in total. The van der Waals surface area contributed by atoms with Crippen LogP contribution >= 0.6 is 23.6 Å². The highest BCUT2D eigenvalue weighted by Crippen LogP contribution is 2.44. The summed E-state index contributed by atoms with van der Waals surface area (Å²) >= 11 is 6.82. The second-order valence-electron chi connectivity index (χ2n) is 8.51. The topological polar surface area (TPSA) is 93.4 Å². The van der Waals surface area contributed by atoms with Gasteiger partial charge >= 0.3 is 0 Å². The van der Waals surface area contributed by atoms with Gasteiger partial charge in [-0.1, -0.05) is 20.8 Å². The lowest BCUT2D eigenvalue weighted by atomic mass is 9.72. The number of benzene rings is 1. The molecule has 1 aromatic heterocycles. The van der Waals surface area contributed by atoms with Gasteiger partial charge in [-0.3, -0.25) is 14.9 Å². The van der Waals surface area contributed by atoms with Crippen molar-refractivity contribution < 1.29 is 14.3 Å². The molecular weight excluding hydrogens is 418 g/mol. The maximum atomic E-state index is 12.4. The van der Waals surface area contributed by atoms with Crippen molar-refractivity contribution in [3.8, 4) is 5.75 Å². The van der Waals surface area contributed by atoms with E-state index in [1.807, 2.05) is 0 Å². The number of nitrogens with two attached hydrogens (primary N) is 1. The average molecular weight is 446 g/mol. The Morgan fingerprint density at radius 2 is 1.90 bits per heavy atom. The van der Waals surface area contributed by atoms with Crippen molar-refractivity contribution in [2.45, 2.75) is 40.0 Å². The first kappa shape index (κ1) is 22.2. The van der Waals surface area contributed by atoms with Gasteiger partial charge in [0.05, 0.1) is 12.7 Å². The van der Waals surface area contributed by atoms with Gasteiger partial charge in [-0.25, -0.2) is 0 Å². The number of nitrogens with one attached hydrogen (secondary N) is 2. The molecule has 1 atom stereocenters. The van der Waals surface area contributed by atoms with Crippen LogP contribution in [0.2, 0.25) is 0 Å². The Kier molecular flexibility index (Phi) is 6.47. The third-order valence-electron chi connectivity index (χ3n) is 5.54. The number of hydrogen-bond acceptors (Lipinski definition) is 5. The van der Waals surface area contributed by atoms with Crippen LogP contribution in [0, 0.1) is 11.3 Å². The van der Waals surface area contributed by atoms with Gasteiger partial charge in [0.1, 0.15) is 10.8 Å². The molecule has 2 amide bonds. The Morgan fingerprint density at radius 1 is 1.23 bits per heavy atom. The highest BCUT2D eigenvalue weighted by Gasteiger charge is 2.33. The molecule has 0 radical (unpaired) electrons. The van der Waals surface area contributed by atoms with Crippen molar-refractivity contribution in [1.29, 1.82) is 0 Å². The fourth-order valence-corrected chi connectivity index (χ4v) is 5.32. The number of carbonyl (C=O) groups excluding carboxylic acids is 2. The minimum Gasteiger partial charge on any atom is -0.497 e. The Labute approximate surface area is 186 Å². The van der Waals surface area contributed by atoms with Gasteiger partial charge < -0.3 is 15.8 Å². The molecule has 3 rings (SSSR count). The molecule has 1 aliphatic rings. The summed E-state index contributed by atoms with van der Waals surface area (Å²) in [4.78, 5) is 25.8. The molecule has 6 nitrogen and oxygen atoms in total. The molecular formula is C22H27N3O3S2. The molecule has 2 aromatic rings. The minimum atomic E-state index is -0.478. The lowest BCUT2D eigenvalue weighted by Crippen LogP contribution is -2.34. The van der Waals surface area contributed by atoms with Crippen LogP contribution in [-0.2, 0) is 12.8 Å². The van der Waals surface area contributed by atoms with Gasteiger partial charge in [0.25, 0.3) is 11.8 Å². The third-order valence-corrected chi connectivity index (χ3v) is 6.92. The molecule has 1 aromatic carbocycles. The summed E-state index contributed by atoms with van der Waals surface area (Å²) in [6.07, 6.45) is 2.75. The van der Waals surface area contributed by atoms with Crippen LogP contribution in [0.25, 0.3) is 0 Å². The van der Waals surface area contributed by atoms with Crippen LogP contribution in [-0.4, -0.2) is 24.0 Å². The lowest BCUT2D eigenvalue weighted by Gasteiger charge is -2.33. The molecule has 30 heavy (non-hydrogen) atoms. The van der Waals surface area contributed by atoms with Gasteiger partial charge in [-0.05, 0) is 72.6 Å². The lowest BCUT2D eigenvalue weighted by molar-refractivity contribution is 0.0975. The Morgan fingerprint density at radius 3 is 2.47 bits per heavy atom. The summed E-state index contributed by atoms with van der Waals surface area (Å²) in [5.74, 6) is 0.383. The van der Waals surface area contributed by atoms with Crippen molar-refractivity contribution in [3.63, 3.8) is 0 Å². The van der Waals surface area contributed by atoms with E-state index in [0.717, 1.165) is 24.8 Å². The van der Waals surface area contributed by atoms with Crippen molar-refractivity contribution in [2.24, 2.45) is 17.1 Å². The number of primary amides is 1. The van der Waals surface area contributed by atoms with E-state index in [-0.39, 0.29) is 16.4 Å². The van der Waals surface area contributed by atoms with Crippen LogP contribution in [0.4, 0.5) is 5.00 Å². The third kappa shape index (κ3) is 4.82. The number of carbonyl (C=O) groups is 2. The largest absolute Gasteiger partial charge is 0.497 e. The van der Waals surface area contributed by atoms with Gasteiger partial charge in [0.2, 0.25) is 0 Å². The normalized spacial score (nSPS) is 15.8. The van der Waals surface area contributed by atoms with E-state index in [1.54, 1.807) is 31.4 Å². The molecule has 1 heterocycles. The van der Waals surface area contributed by atoms with Crippen LogP contribution in [0.1, 0.15) is 58.3 Å². The first-order valence-corrected chi connectivity index (χ1v) is 11.0. The zero-order chi connectivity index (χ0) is 22.1. The quantitative estimate of drug-likeness (QED) is 0.615. The number of methoxy groups -OCH3 is 1. The van der Waals surface area contributed by atoms with Crippen LogP contribution in [0.5, 0.6) is 5.75 Å². The summed E-state index contributed by atoms with van der Waals surface area (Å²) in [5.41, 5.74) is 7.84. The Bertz CT molecular complexity index is 975. The van der Waals surface area contributed by atoms with E-state index in [0.29, 0.717) is 27.8 Å². The zero-order valence-corrected chi connectivity index (χ0v) is 19.3. The monoisotopic (exact) mass is 445 g/mol. The van der Waals surface area contributed by atoms with Crippen LogP contribution in [0.15, 0.2) is 24.3 Å². The standard InChI is InChI=1S/C22H27N3O3S2/c1-22(2,3)13-7-10-15-16(11-13)30-20(17(15)18(23)26)25-21(29)24-19(27)12-5-8-14(28-4)9-6-12/h5-6,8-9,13H,7,10-11H2,1-4H3,(H2,23,26)(H2,24,25,27,29). The van der Waals surface area contributed by atoms with E-state index in [4.69, 9.17) is 22.7 Å². The number of thiophene rings is 1. The van der Waals surface area contributed by atoms with Crippen molar-refractivity contribution in [1.82, 2.24) is 5.32 Å². The number of thiocarbonyl (C=S) groups is 1. The number of amides is 2. The zero-order valence-electron chi connectivity index (χ0n) is 17.6. The second-order valence-corrected chi connectivity index (χ2v) is 10.0. The summed E-state index contributed by atoms with van der Waals surface area (Å²) in [6.45, 7) is 6.73. The predicted molar refractivity (Wildman–Crippen MR) is 124 cm³/mol. The number of hydrogen-bond donors (Lipinski definition) is 3. The molecule has 1 aliphatic carbocycles. The number of anilines is 1. The predicted octanol–water partition coefficient (Wildman–Crippen LogP) is 4.13. The second kappa shape index (κ2) is 8.73. The molecule has 0 fully saturated rings. The highest BCUT2D eigenvalue weighted by molar-refractivity contribution is 7.80. The molecule has 0 saturated heterocycles. The van der Waals surface area contributed by atoms with Crippen molar-refractivity contribution in [2.75, 3.05) is 12.4 Å². The fourth-order valence-electron chi connectivity index (χ4n) is 3.73. The summed E-state index contributed by atoms with van der Waals surface area (Å²) in [6, 6.07) is 6.72. The maximum Gasteiger partial charge on any atom is 0.257 e. The minimum absolute atomic E-state index is 0.129. The molecule has 160 valence electrons. The number of ether oxygens (including phenoxy) is 1. The first-order valence-electron chi connectivity index (χ1n) is 9.81. The fraction of sp³-hybridized carbons (Fsp3) is 0.409. The van der Waals surface area contributed by atoms with Crippen LogP contribution < -0.4 is 21.1 Å². The molecule has 0 bridgehead atoms. The Balaban J connectivity index is 1.75. The Hall–Kier alpha value is -2.45. The first-order chi connectivity index (χ1) is 14.1. The summed E-state index contributed by atoms with van der Waals surface area (Å²) < 4.78 is 5.10. The molecule has 0 aliphatic heterocycles. The van der Waals surface area contributed by atoms with Gasteiger partial charge in [0.15, 0.2) is 5.11 Å². The molecule has 0 spiro atoms. The van der Waals surface area contributed by atoms with E-state index in [2.05, 4.69) is 31.4 Å². The SMILES string of the molecule is COc1ccc(C(=O)NC(=S)Nc2sc3c(c2C(N)=O)CCC(C(C)(C)C)C3)cc1. The molecule has 0 saturated carbocycles. The van der Waals surface area contributed by atoms with E-state index < -0.39 is 5.91 Å². The van der Waals surface area contributed by atoms with Crippen LogP contribution in [0.3, 0.4) is 0 Å². The molecule has 1 unspecified atom stereocenters. The van der Waals surface area contributed by atoms with Gasteiger partial charge in [-0.2, -0.15) is 0 Å². The van der Waals surface area contributed by atoms with E-state index in [9.17, 15) is 9.59 Å². The summed E-state index contributed by atoms with van der Waals surface area (Å²) in [7, 11) is 1.56. The average Bonchev–Trinajstić information content (AvgIpc) is 3.04. The maximum absolute atomic E-state index is 12.4. The van der Waals surface area contributed by atoms with Crippen molar-refractivity contribution in [3.05, 3.63) is 45.8 Å². The molecule has 8 heteroatoms. The number of rotatable bonds is 4. The van der Waals surface area contributed by atoms with E-state index >= 15 is 0 Å². The van der Waals surface area contributed by atoms with E-state index in [1.165, 1.54) is 16.2 Å². The van der Waals surface area contributed by atoms with Gasteiger partial charge in [-0.15, -0.1) is 11.3 Å². The highest BCUT2D eigenvalue weighted by atomic mass is 32.1.